The van der Waals surface area contributed by atoms with Crippen molar-refractivity contribution in [1.82, 2.24) is 10.2 Å². The molecule has 1 N–H and O–H groups in total. The molecule has 0 aliphatic rings. The van der Waals surface area contributed by atoms with Gasteiger partial charge in [-0.3, -0.25) is 13.9 Å². The van der Waals surface area contributed by atoms with Gasteiger partial charge in [0.05, 0.1) is 31.4 Å². The fourth-order valence-corrected chi connectivity index (χ4v) is 5.97. The first kappa shape index (κ1) is 33.7. The minimum Gasteiger partial charge on any atom is -0.494 e. The largest absolute Gasteiger partial charge is 0.494 e. The number of nitrogens with one attached hydrogen (secondary N) is 1. The number of sulfonamides is 1. The SMILES string of the molecule is CCCNC(=O)C(C)N(Cc1ccc(Br)cc1)C(=O)CN(c1ccc(OCC)cc1)S(=O)(=O)c1ccc(OC)c(OC)c1. The van der Waals surface area contributed by atoms with E-state index in [1.807, 2.05) is 38.1 Å². The standard InChI is InChI=1S/C31H38BrN3O7S/c1-6-18-33-31(37)22(3)34(20-23-8-10-24(32)11-9-23)30(36)21-35(25-12-14-26(15-13-25)42-7-2)43(38,39)27-16-17-28(40-4)29(19-27)41-5/h8-17,19,22H,6-7,18,20-21H2,1-5H3,(H,33,37). The van der Waals surface area contributed by atoms with E-state index in [1.54, 1.807) is 31.2 Å². The number of benzene rings is 3. The van der Waals surface area contributed by atoms with Gasteiger partial charge in [0.25, 0.3) is 10.0 Å². The molecule has 3 aromatic carbocycles. The van der Waals surface area contributed by atoms with Crippen LogP contribution in [0.25, 0.3) is 0 Å². The highest BCUT2D eigenvalue weighted by atomic mass is 79.9. The summed E-state index contributed by atoms with van der Waals surface area (Å²) in [5.74, 6) is 0.249. The van der Waals surface area contributed by atoms with Crippen LogP contribution < -0.4 is 23.8 Å². The average Bonchev–Trinajstić information content (AvgIpc) is 3.01. The van der Waals surface area contributed by atoms with Gasteiger partial charge in [0, 0.05) is 23.6 Å². The Labute approximate surface area is 262 Å². The molecule has 0 aliphatic carbocycles. The van der Waals surface area contributed by atoms with Gasteiger partial charge >= 0.3 is 0 Å². The lowest BCUT2D eigenvalue weighted by Crippen LogP contribution is -2.51. The van der Waals surface area contributed by atoms with Crippen molar-refractivity contribution in [3.05, 3.63) is 76.8 Å². The van der Waals surface area contributed by atoms with Crippen LogP contribution in [0.4, 0.5) is 5.69 Å². The van der Waals surface area contributed by atoms with Gasteiger partial charge in [-0.2, -0.15) is 0 Å². The molecule has 0 aromatic heterocycles. The summed E-state index contributed by atoms with van der Waals surface area (Å²) < 4.78 is 46.3. The van der Waals surface area contributed by atoms with E-state index < -0.39 is 28.5 Å². The van der Waals surface area contributed by atoms with Crippen LogP contribution in [0, 0.1) is 0 Å². The average molecular weight is 677 g/mol. The lowest BCUT2D eigenvalue weighted by molar-refractivity contribution is -0.139. The second-order valence-electron chi connectivity index (χ2n) is 9.57. The molecule has 1 unspecified atom stereocenters. The Bertz CT molecular complexity index is 1480. The van der Waals surface area contributed by atoms with Crippen LogP contribution in [0.15, 0.2) is 76.1 Å². The number of methoxy groups -OCH3 is 2. The van der Waals surface area contributed by atoms with Gasteiger partial charge in [-0.05, 0) is 74.4 Å². The highest BCUT2D eigenvalue weighted by Gasteiger charge is 2.33. The number of carbonyl (C=O) groups excluding carboxylic acids is 2. The second-order valence-corrected chi connectivity index (χ2v) is 12.3. The van der Waals surface area contributed by atoms with Gasteiger partial charge in [0.1, 0.15) is 18.3 Å². The predicted molar refractivity (Wildman–Crippen MR) is 169 cm³/mol. The maximum atomic E-state index is 14.2. The van der Waals surface area contributed by atoms with Crippen molar-refractivity contribution in [3.63, 3.8) is 0 Å². The van der Waals surface area contributed by atoms with Crippen molar-refractivity contribution in [1.29, 1.82) is 0 Å². The number of rotatable bonds is 15. The molecule has 1 atom stereocenters. The minimum atomic E-state index is -4.30. The highest BCUT2D eigenvalue weighted by molar-refractivity contribution is 9.10. The van der Waals surface area contributed by atoms with Crippen LogP contribution in [-0.2, 0) is 26.2 Å². The number of hydrogen-bond donors (Lipinski definition) is 1. The quantitative estimate of drug-likeness (QED) is 0.241. The first-order valence-electron chi connectivity index (χ1n) is 13.8. The number of carbonyl (C=O) groups is 2. The molecule has 0 spiro atoms. The molecule has 0 saturated heterocycles. The van der Waals surface area contributed by atoms with E-state index in [1.165, 1.54) is 37.3 Å². The topological polar surface area (TPSA) is 114 Å². The molecule has 0 saturated carbocycles. The summed E-state index contributed by atoms with van der Waals surface area (Å²) in [5.41, 5.74) is 1.03. The first-order valence-corrected chi connectivity index (χ1v) is 16.1. The number of halogens is 1. The normalized spacial score (nSPS) is 11.8. The maximum absolute atomic E-state index is 14.2. The highest BCUT2D eigenvalue weighted by Crippen LogP contribution is 2.33. The zero-order chi connectivity index (χ0) is 31.6. The number of hydrogen-bond acceptors (Lipinski definition) is 7. The molecule has 0 fully saturated rings. The van der Waals surface area contributed by atoms with Crippen LogP contribution in [0.2, 0.25) is 0 Å². The van der Waals surface area contributed by atoms with Gasteiger partial charge in [-0.15, -0.1) is 0 Å². The molecule has 0 radical (unpaired) electrons. The predicted octanol–water partition coefficient (Wildman–Crippen LogP) is 5.00. The van der Waals surface area contributed by atoms with Crippen molar-refractivity contribution >= 4 is 43.5 Å². The number of anilines is 1. The first-order chi connectivity index (χ1) is 20.5. The van der Waals surface area contributed by atoms with Gasteiger partial charge in [-0.1, -0.05) is 35.0 Å². The number of amides is 2. The number of nitrogens with zero attached hydrogens (tertiary/aromatic N) is 2. The Balaban J connectivity index is 2.07. The maximum Gasteiger partial charge on any atom is 0.264 e. The molecule has 0 heterocycles. The number of ether oxygens (including phenoxy) is 3. The van der Waals surface area contributed by atoms with Gasteiger partial charge < -0.3 is 24.4 Å². The molecule has 3 rings (SSSR count). The molecule has 12 heteroatoms. The Morgan fingerprint density at radius 1 is 0.930 bits per heavy atom. The van der Waals surface area contributed by atoms with Crippen molar-refractivity contribution in [2.75, 3.05) is 38.2 Å². The molecule has 0 bridgehead atoms. The minimum absolute atomic E-state index is 0.0972. The molecule has 0 aliphatic heterocycles. The van der Waals surface area contributed by atoms with Crippen molar-refractivity contribution < 1.29 is 32.2 Å². The van der Waals surface area contributed by atoms with Crippen molar-refractivity contribution in [3.8, 4) is 17.2 Å². The van der Waals surface area contributed by atoms with Crippen LogP contribution in [0.5, 0.6) is 17.2 Å². The molecule has 3 aromatic rings. The lowest BCUT2D eigenvalue weighted by atomic mass is 10.1. The Morgan fingerprint density at radius 2 is 1.58 bits per heavy atom. The Hall–Kier alpha value is -3.77. The summed E-state index contributed by atoms with van der Waals surface area (Å²) in [6, 6.07) is 17.2. The monoisotopic (exact) mass is 675 g/mol. The third-order valence-electron chi connectivity index (χ3n) is 6.64. The third kappa shape index (κ3) is 8.64. The van der Waals surface area contributed by atoms with Crippen LogP contribution in [0.1, 0.15) is 32.8 Å². The van der Waals surface area contributed by atoms with Crippen LogP contribution in [-0.4, -0.2) is 65.1 Å². The van der Waals surface area contributed by atoms with E-state index in [0.29, 0.717) is 24.7 Å². The second kappa shape index (κ2) is 15.6. The Kier molecular flexibility index (Phi) is 12.3. The molecule has 43 heavy (non-hydrogen) atoms. The van der Waals surface area contributed by atoms with Crippen molar-refractivity contribution in [2.24, 2.45) is 0 Å². The molecule has 2 amide bonds. The lowest BCUT2D eigenvalue weighted by Gasteiger charge is -2.32. The summed E-state index contributed by atoms with van der Waals surface area (Å²) in [6.45, 7) is 5.84. The van der Waals surface area contributed by atoms with E-state index in [9.17, 15) is 18.0 Å². The summed E-state index contributed by atoms with van der Waals surface area (Å²) >= 11 is 3.41. The van der Waals surface area contributed by atoms with Gasteiger partial charge in [-0.25, -0.2) is 8.42 Å². The summed E-state index contributed by atoms with van der Waals surface area (Å²) in [7, 11) is -1.44. The zero-order valence-electron chi connectivity index (χ0n) is 25.0. The fraction of sp³-hybridized carbons (Fsp3) is 0.355. The van der Waals surface area contributed by atoms with Gasteiger partial charge in [0.15, 0.2) is 11.5 Å². The van der Waals surface area contributed by atoms with Crippen LogP contribution in [0.3, 0.4) is 0 Å². The Morgan fingerprint density at radius 3 is 2.16 bits per heavy atom. The van der Waals surface area contributed by atoms with E-state index >= 15 is 0 Å². The van der Waals surface area contributed by atoms with E-state index in [2.05, 4.69) is 21.2 Å². The van der Waals surface area contributed by atoms with E-state index in [4.69, 9.17) is 14.2 Å². The third-order valence-corrected chi connectivity index (χ3v) is 8.94. The van der Waals surface area contributed by atoms with Gasteiger partial charge in [0.2, 0.25) is 11.8 Å². The summed E-state index contributed by atoms with van der Waals surface area (Å²) in [6.07, 6.45) is 0.730. The summed E-state index contributed by atoms with van der Waals surface area (Å²) in [5, 5.41) is 2.83. The molecule has 232 valence electrons. The van der Waals surface area contributed by atoms with E-state index in [-0.39, 0.29) is 28.8 Å². The fourth-order valence-electron chi connectivity index (χ4n) is 4.27. The zero-order valence-corrected chi connectivity index (χ0v) is 27.4. The molecular weight excluding hydrogens is 638 g/mol. The van der Waals surface area contributed by atoms with Crippen LogP contribution >= 0.6 is 15.9 Å². The molecule has 10 nitrogen and oxygen atoms in total. The molecular formula is C31H38BrN3O7S. The summed E-state index contributed by atoms with van der Waals surface area (Å²) in [4.78, 5) is 28.4. The van der Waals surface area contributed by atoms with Crippen molar-refractivity contribution in [2.45, 2.75) is 44.7 Å². The smallest absolute Gasteiger partial charge is 0.264 e. The van der Waals surface area contributed by atoms with E-state index in [0.717, 1.165) is 20.8 Å².